The quantitative estimate of drug-likeness (QED) is 0.641. The van der Waals surface area contributed by atoms with Gasteiger partial charge in [0.15, 0.2) is 17.3 Å². The van der Waals surface area contributed by atoms with Crippen LogP contribution in [-0.4, -0.2) is 19.0 Å². The number of carbonyl (C=O) groups excluding carboxylic acids is 2. The van der Waals surface area contributed by atoms with Crippen LogP contribution in [0.15, 0.2) is 59.2 Å². The molecule has 0 radical (unpaired) electrons. The molecule has 1 N–H and O–H groups in total. The van der Waals surface area contributed by atoms with Gasteiger partial charge < -0.3 is 19.2 Å². The Morgan fingerprint density at radius 1 is 1.14 bits per heavy atom. The van der Waals surface area contributed by atoms with Gasteiger partial charge in [0.05, 0.1) is 18.9 Å². The predicted molar refractivity (Wildman–Crippen MR) is 99.9 cm³/mol. The average molecular weight is 383 g/mol. The number of methoxy groups -OCH3 is 1. The van der Waals surface area contributed by atoms with Crippen molar-refractivity contribution in [3.8, 4) is 5.75 Å². The number of rotatable bonds is 6. The summed E-state index contributed by atoms with van der Waals surface area (Å²) >= 11 is 0. The zero-order valence-electron chi connectivity index (χ0n) is 15.3. The van der Waals surface area contributed by atoms with E-state index in [2.05, 4.69) is 5.32 Å². The number of nitrogens with one attached hydrogen (secondary N) is 1. The Kier molecular flexibility index (Phi) is 5.74. The fourth-order valence-electron chi connectivity index (χ4n) is 2.51. The van der Waals surface area contributed by atoms with E-state index in [4.69, 9.17) is 13.9 Å². The van der Waals surface area contributed by atoms with Gasteiger partial charge in [0, 0.05) is 5.69 Å². The summed E-state index contributed by atoms with van der Waals surface area (Å²) in [6.45, 7) is 1.70. The summed E-state index contributed by atoms with van der Waals surface area (Å²) in [6, 6.07) is 12.3. The van der Waals surface area contributed by atoms with Crippen molar-refractivity contribution in [3.05, 3.63) is 83.1 Å². The lowest BCUT2D eigenvalue weighted by atomic mass is 10.1. The Balaban J connectivity index is 1.68. The molecule has 144 valence electrons. The molecule has 0 aliphatic heterocycles. The van der Waals surface area contributed by atoms with Gasteiger partial charge in [-0.25, -0.2) is 9.18 Å². The van der Waals surface area contributed by atoms with Gasteiger partial charge in [0.2, 0.25) is 0 Å². The molecular weight excluding hydrogens is 365 g/mol. The fraction of sp³-hybridized carbons (Fsp3) is 0.143. The van der Waals surface area contributed by atoms with Crippen LogP contribution in [0.3, 0.4) is 0 Å². The minimum Gasteiger partial charge on any atom is -0.494 e. The van der Waals surface area contributed by atoms with Gasteiger partial charge in [-0.1, -0.05) is 12.1 Å². The highest BCUT2D eigenvalue weighted by atomic mass is 19.1. The highest BCUT2D eigenvalue weighted by Crippen LogP contribution is 2.21. The molecular formula is C21H18FNO5. The van der Waals surface area contributed by atoms with E-state index in [-0.39, 0.29) is 23.7 Å². The van der Waals surface area contributed by atoms with Crippen LogP contribution in [0, 0.1) is 12.7 Å². The maximum absolute atomic E-state index is 13.7. The van der Waals surface area contributed by atoms with E-state index in [1.807, 2.05) is 0 Å². The first-order valence-electron chi connectivity index (χ1n) is 8.43. The van der Waals surface area contributed by atoms with Gasteiger partial charge in [0.1, 0.15) is 6.61 Å². The molecule has 3 rings (SSSR count). The van der Waals surface area contributed by atoms with Gasteiger partial charge in [-0.05, 0) is 54.4 Å². The fourth-order valence-corrected chi connectivity index (χ4v) is 2.51. The number of aryl methyl sites for hydroxylation is 1. The number of furan rings is 1. The highest BCUT2D eigenvalue weighted by Gasteiger charge is 2.14. The molecule has 0 spiro atoms. The number of ether oxygens (including phenoxy) is 2. The second-order valence-electron chi connectivity index (χ2n) is 6.01. The minimum absolute atomic E-state index is 0.0955. The first kappa shape index (κ1) is 19.2. The SMILES string of the molecule is COc1ccc(COC(=O)c2ccc(C)c(NC(=O)c3ccco3)c2)cc1F. The van der Waals surface area contributed by atoms with Crippen LogP contribution >= 0.6 is 0 Å². The van der Waals surface area contributed by atoms with Gasteiger partial charge in [0.25, 0.3) is 5.91 Å². The monoisotopic (exact) mass is 383 g/mol. The second kappa shape index (κ2) is 8.39. The number of benzene rings is 2. The first-order chi connectivity index (χ1) is 13.5. The molecule has 2 aromatic carbocycles. The summed E-state index contributed by atoms with van der Waals surface area (Å²) in [5.74, 6) is -1.27. The van der Waals surface area contributed by atoms with Crippen molar-refractivity contribution in [3.63, 3.8) is 0 Å². The van der Waals surface area contributed by atoms with Crippen LogP contribution in [0.2, 0.25) is 0 Å². The van der Waals surface area contributed by atoms with Gasteiger partial charge in [-0.15, -0.1) is 0 Å². The zero-order valence-corrected chi connectivity index (χ0v) is 15.3. The van der Waals surface area contributed by atoms with Crippen LogP contribution in [0.5, 0.6) is 5.75 Å². The Morgan fingerprint density at radius 3 is 2.64 bits per heavy atom. The van der Waals surface area contributed by atoms with E-state index < -0.39 is 17.7 Å². The number of carbonyl (C=O) groups is 2. The largest absolute Gasteiger partial charge is 0.494 e. The molecule has 6 nitrogen and oxygen atoms in total. The molecule has 0 atom stereocenters. The van der Waals surface area contributed by atoms with Gasteiger partial charge in [-0.3, -0.25) is 4.79 Å². The van der Waals surface area contributed by atoms with E-state index in [0.29, 0.717) is 11.3 Å². The van der Waals surface area contributed by atoms with E-state index in [9.17, 15) is 14.0 Å². The maximum Gasteiger partial charge on any atom is 0.338 e. The molecule has 3 aromatic rings. The predicted octanol–water partition coefficient (Wildman–Crippen LogP) is 4.35. The molecule has 0 fully saturated rings. The Bertz CT molecular complexity index is 998. The standard InChI is InChI=1S/C21H18FNO5/c1-13-5-7-15(11-17(13)23-20(24)19-4-3-9-27-19)21(25)28-12-14-6-8-18(26-2)16(22)10-14/h3-11H,12H2,1-2H3,(H,23,24). The molecule has 0 aliphatic rings. The Labute approximate surface area is 160 Å². The summed E-state index contributed by atoms with van der Waals surface area (Å²) in [6.07, 6.45) is 1.40. The number of esters is 1. The Hall–Kier alpha value is -3.61. The number of anilines is 1. The first-order valence-corrected chi connectivity index (χ1v) is 8.43. The van der Waals surface area contributed by atoms with Crippen molar-refractivity contribution in [2.24, 2.45) is 0 Å². The third kappa shape index (κ3) is 4.37. The molecule has 7 heteroatoms. The summed E-state index contributed by atoms with van der Waals surface area (Å²) in [5.41, 5.74) is 1.99. The van der Waals surface area contributed by atoms with Crippen LogP contribution < -0.4 is 10.1 Å². The topological polar surface area (TPSA) is 77.8 Å². The summed E-state index contributed by atoms with van der Waals surface area (Å²) in [5, 5.41) is 2.70. The van der Waals surface area contributed by atoms with Crippen LogP contribution in [0.25, 0.3) is 0 Å². The third-order valence-corrected chi connectivity index (χ3v) is 4.05. The molecule has 1 aromatic heterocycles. The number of hydrogen-bond donors (Lipinski definition) is 1. The van der Waals surface area contributed by atoms with Crippen molar-refractivity contribution >= 4 is 17.6 Å². The van der Waals surface area contributed by atoms with Crippen molar-refractivity contribution in [2.75, 3.05) is 12.4 Å². The Morgan fingerprint density at radius 2 is 1.96 bits per heavy atom. The zero-order chi connectivity index (χ0) is 20.1. The number of hydrogen-bond acceptors (Lipinski definition) is 5. The number of halogens is 1. The van der Waals surface area contributed by atoms with Crippen LogP contribution in [-0.2, 0) is 11.3 Å². The van der Waals surface area contributed by atoms with E-state index >= 15 is 0 Å². The van der Waals surface area contributed by atoms with Crippen LogP contribution in [0.4, 0.5) is 10.1 Å². The summed E-state index contributed by atoms with van der Waals surface area (Å²) < 4.78 is 28.9. The molecule has 0 saturated heterocycles. The van der Waals surface area contributed by atoms with Crippen molar-refractivity contribution in [1.29, 1.82) is 0 Å². The minimum atomic E-state index is -0.593. The lowest BCUT2D eigenvalue weighted by Gasteiger charge is -2.10. The van der Waals surface area contributed by atoms with E-state index in [1.54, 1.807) is 31.2 Å². The third-order valence-electron chi connectivity index (χ3n) is 4.05. The lowest BCUT2D eigenvalue weighted by Crippen LogP contribution is -2.13. The average Bonchev–Trinajstić information content (AvgIpc) is 3.23. The summed E-state index contributed by atoms with van der Waals surface area (Å²) in [7, 11) is 1.37. The van der Waals surface area contributed by atoms with Gasteiger partial charge >= 0.3 is 5.97 Å². The maximum atomic E-state index is 13.7. The molecule has 0 bridgehead atoms. The van der Waals surface area contributed by atoms with Crippen molar-refractivity contribution in [1.82, 2.24) is 0 Å². The molecule has 1 amide bonds. The summed E-state index contributed by atoms with van der Waals surface area (Å²) in [4.78, 5) is 24.5. The smallest absolute Gasteiger partial charge is 0.338 e. The van der Waals surface area contributed by atoms with Crippen molar-refractivity contribution < 1.29 is 27.9 Å². The normalized spacial score (nSPS) is 10.4. The highest BCUT2D eigenvalue weighted by molar-refractivity contribution is 6.03. The molecule has 28 heavy (non-hydrogen) atoms. The molecule has 1 heterocycles. The number of amides is 1. The van der Waals surface area contributed by atoms with E-state index in [1.165, 1.54) is 37.6 Å². The molecule has 0 saturated carbocycles. The molecule has 0 unspecified atom stereocenters. The molecule has 0 aliphatic carbocycles. The van der Waals surface area contributed by atoms with E-state index in [0.717, 1.165) is 5.56 Å². The van der Waals surface area contributed by atoms with Crippen molar-refractivity contribution in [2.45, 2.75) is 13.5 Å². The van der Waals surface area contributed by atoms with Crippen LogP contribution in [0.1, 0.15) is 32.0 Å². The second-order valence-corrected chi connectivity index (χ2v) is 6.01. The van der Waals surface area contributed by atoms with Gasteiger partial charge in [-0.2, -0.15) is 0 Å². The lowest BCUT2D eigenvalue weighted by molar-refractivity contribution is 0.0472.